The molecular weight excluding hydrogens is 180 g/mol. The molecular formula is C9H10N4O. The summed E-state index contributed by atoms with van der Waals surface area (Å²) in [7, 11) is 0. The first kappa shape index (κ1) is 8.68. The topological polar surface area (TPSA) is 73.9 Å². The van der Waals surface area contributed by atoms with Crippen LogP contribution in [0.2, 0.25) is 0 Å². The van der Waals surface area contributed by atoms with Gasteiger partial charge in [-0.15, -0.1) is 10.2 Å². The van der Waals surface area contributed by atoms with Gasteiger partial charge in [-0.3, -0.25) is 0 Å². The summed E-state index contributed by atoms with van der Waals surface area (Å²) in [5.41, 5.74) is 6.83. The number of ether oxygens (including phenoxy) is 1. The molecule has 0 aliphatic heterocycles. The van der Waals surface area contributed by atoms with Crippen LogP contribution in [0.1, 0.15) is 6.92 Å². The number of nitrogen functional groups attached to an aromatic ring is 1. The van der Waals surface area contributed by atoms with Gasteiger partial charge in [0.2, 0.25) is 5.95 Å². The average Bonchev–Trinajstić information content (AvgIpc) is 2.17. The number of rotatable bonds is 2. The van der Waals surface area contributed by atoms with Gasteiger partial charge in [0.15, 0.2) is 0 Å². The van der Waals surface area contributed by atoms with Crippen molar-refractivity contribution in [1.29, 1.82) is 0 Å². The number of hydrogen-bond acceptors (Lipinski definition) is 5. The highest BCUT2D eigenvalue weighted by molar-refractivity contribution is 5.75. The molecule has 0 saturated carbocycles. The zero-order valence-electron chi connectivity index (χ0n) is 7.77. The molecule has 0 bridgehead atoms. The fraction of sp³-hybridized carbons (Fsp3) is 0.222. The van der Waals surface area contributed by atoms with Crippen LogP contribution in [-0.2, 0) is 0 Å². The van der Waals surface area contributed by atoms with E-state index in [1.807, 2.05) is 13.0 Å². The van der Waals surface area contributed by atoms with Crippen molar-refractivity contribution in [1.82, 2.24) is 15.2 Å². The quantitative estimate of drug-likeness (QED) is 0.764. The van der Waals surface area contributed by atoms with Crippen molar-refractivity contribution in [3.8, 4) is 5.75 Å². The van der Waals surface area contributed by atoms with Gasteiger partial charge in [0.25, 0.3) is 0 Å². The number of aromatic nitrogens is 3. The lowest BCUT2D eigenvalue weighted by Crippen LogP contribution is -1.98. The van der Waals surface area contributed by atoms with E-state index in [0.29, 0.717) is 17.6 Å². The molecule has 0 amide bonds. The molecule has 0 atom stereocenters. The highest BCUT2D eigenvalue weighted by Gasteiger charge is 2.00. The molecule has 0 saturated heterocycles. The number of fused-ring (bicyclic) bond motifs is 1. The summed E-state index contributed by atoms with van der Waals surface area (Å²) in [6.45, 7) is 2.55. The summed E-state index contributed by atoms with van der Waals surface area (Å²) in [4.78, 5) is 4.04. The number of anilines is 1. The van der Waals surface area contributed by atoms with Gasteiger partial charge in [-0.1, -0.05) is 0 Å². The third kappa shape index (κ3) is 1.56. The number of nitrogens with zero attached hydrogens (tertiary/aromatic N) is 3. The molecule has 72 valence electrons. The fourth-order valence-corrected chi connectivity index (χ4v) is 1.18. The molecule has 0 unspecified atom stereocenters. The first-order valence-corrected chi connectivity index (χ1v) is 4.32. The van der Waals surface area contributed by atoms with Crippen molar-refractivity contribution in [2.45, 2.75) is 6.92 Å². The van der Waals surface area contributed by atoms with E-state index < -0.39 is 0 Å². The maximum absolute atomic E-state index is 5.42. The first-order chi connectivity index (χ1) is 6.79. The van der Waals surface area contributed by atoms with E-state index >= 15 is 0 Å². The van der Waals surface area contributed by atoms with E-state index in [4.69, 9.17) is 10.5 Å². The predicted molar refractivity (Wildman–Crippen MR) is 52.9 cm³/mol. The van der Waals surface area contributed by atoms with Crippen LogP contribution >= 0.6 is 0 Å². The van der Waals surface area contributed by atoms with Crippen molar-refractivity contribution in [2.24, 2.45) is 0 Å². The zero-order valence-corrected chi connectivity index (χ0v) is 7.77. The molecule has 5 nitrogen and oxygen atoms in total. The van der Waals surface area contributed by atoms with Crippen molar-refractivity contribution in [3.63, 3.8) is 0 Å². The third-order valence-corrected chi connectivity index (χ3v) is 1.75. The lowest BCUT2D eigenvalue weighted by Gasteiger charge is -2.03. The summed E-state index contributed by atoms with van der Waals surface area (Å²) < 4.78 is 5.32. The first-order valence-electron chi connectivity index (χ1n) is 4.32. The van der Waals surface area contributed by atoms with Gasteiger partial charge >= 0.3 is 0 Å². The Balaban J connectivity index is 2.52. The Morgan fingerprint density at radius 1 is 1.29 bits per heavy atom. The number of nitrogens with two attached hydrogens (primary N) is 1. The summed E-state index contributed by atoms with van der Waals surface area (Å²) >= 11 is 0. The van der Waals surface area contributed by atoms with Crippen LogP contribution in [0.5, 0.6) is 5.75 Å². The van der Waals surface area contributed by atoms with Crippen LogP contribution in [-0.4, -0.2) is 21.8 Å². The zero-order chi connectivity index (χ0) is 9.97. The van der Waals surface area contributed by atoms with E-state index in [-0.39, 0.29) is 5.95 Å². The monoisotopic (exact) mass is 190 g/mol. The molecule has 2 rings (SSSR count). The Labute approximate surface area is 80.9 Å². The van der Waals surface area contributed by atoms with Gasteiger partial charge < -0.3 is 10.5 Å². The molecule has 0 aliphatic carbocycles. The van der Waals surface area contributed by atoms with Crippen LogP contribution < -0.4 is 10.5 Å². The molecule has 2 N–H and O–H groups in total. The highest BCUT2D eigenvalue weighted by Crippen LogP contribution is 2.17. The average molecular weight is 190 g/mol. The number of benzene rings is 1. The lowest BCUT2D eigenvalue weighted by molar-refractivity contribution is 0.340. The molecule has 0 fully saturated rings. The van der Waals surface area contributed by atoms with E-state index in [1.54, 1.807) is 12.1 Å². The van der Waals surface area contributed by atoms with Crippen LogP contribution in [0, 0.1) is 0 Å². The second kappa shape index (κ2) is 3.45. The molecule has 0 radical (unpaired) electrons. The van der Waals surface area contributed by atoms with Gasteiger partial charge in [0, 0.05) is 6.07 Å². The van der Waals surface area contributed by atoms with E-state index in [0.717, 1.165) is 5.75 Å². The maximum Gasteiger partial charge on any atom is 0.240 e. The Hall–Kier alpha value is -1.91. The third-order valence-electron chi connectivity index (χ3n) is 1.75. The van der Waals surface area contributed by atoms with Gasteiger partial charge in [0.1, 0.15) is 11.3 Å². The molecule has 1 heterocycles. The van der Waals surface area contributed by atoms with E-state index in [9.17, 15) is 0 Å². The second-order valence-corrected chi connectivity index (χ2v) is 2.75. The second-order valence-electron chi connectivity index (χ2n) is 2.75. The van der Waals surface area contributed by atoms with Crippen LogP contribution in [0.15, 0.2) is 18.2 Å². The molecule has 1 aromatic heterocycles. The molecule has 2 aromatic rings. The predicted octanol–water partition coefficient (Wildman–Crippen LogP) is 1.01. The Morgan fingerprint density at radius 2 is 2.14 bits per heavy atom. The maximum atomic E-state index is 5.42. The van der Waals surface area contributed by atoms with Crippen molar-refractivity contribution in [2.75, 3.05) is 12.3 Å². The van der Waals surface area contributed by atoms with Crippen LogP contribution in [0.25, 0.3) is 11.0 Å². The molecule has 0 spiro atoms. The van der Waals surface area contributed by atoms with Crippen LogP contribution in [0.4, 0.5) is 5.95 Å². The lowest BCUT2D eigenvalue weighted by atomic mass is 10.3. The largest absolute Gasteiger partial charge is 0.494 e. The fourth-order valence-electron chi connectivity index (χ4n) is 1.18. The van der Waals surface area contributed by atoms with E-state index in [1.165, 1.54) is 0 Å². The van der Waals surface area contributed by atoms with Crippen molar-refractivity contribution >= 4 is 17.0 Å². The van der Waals surface area contributed by atoms with Gasteiger partial charge in [-0.25, -0.2) is 4.98 Å². The Bertz CT molecular complexity index is 458. The normalized spacial score (nSPS) is 10.4. The van der Waals surface area contributed by atoms with Crippen LogP contribution in [0.3, 0.4) is 0 Å². The number of hydrogen-bond donors (Lipinski definition) is 1. The van der Waals surface area contributed by atoms with Crippen molar-refractivity contribution in [3.05, 3.63) is 18.2 Å². The van der Waals surface area contributed by atoms with E-state index in [2.05, 4.69) is 15.2 Å². The molecule has 5 heteroatoms. The van der Waals surface area contributed by atoms with Crippen molar-refractivity contribution < 1.29 is 4.74 Å². The minimum absolute atomic E-state index is 0.172. The standard InChI is InChI=1S/C9H10N4O/c1-2-14-6-3-4-7-8(5-6)11-9(10)13-12-7/h3-5H,2H2,1H3,(H2,10,11,13). The summed E-state index contributed by atoms with van der Waals surface area (Å²) in [5, 5.41) is 7.55. The Morgan fingerprint density at radius 3 is 2.93 bits per heavy atom. The van der Waals surface area contributed by atoms with Gasteiger partial charge in [-0.2, -0.15) is 0 Å². The summed E-state index contributed by atoms with van der Waals surface area (Å²) in [5.74, 6) is 0.936. The minimum Gasteiger partial charge on any atom is -0.494 e. The smallest absolute Gasteiger partial charge is 0.240 e. The molecule has 1 aromatic carbocycles. The highest BCUT2D eigenvalue weighted by atomic mass is 16.5. The minimum atomic E-state index is 0.172. The van der Waals surface area contributed by atoms with Gasteiger partial charge in [-0.05, 0) is 19.1 Å². The summed E-state index contributed by atoms with van der Waals surface area (Å²) in [6.07, 6.45) is 0. The Kier molecular flexibility index (Phi) is 2.14. The summed E-state index contributed by atoms with van der Waals surface area (Å²) in [6, 6.07) is 5.43. The van der Waals surface area contributed by atoms with Gasteiger partial charge in [0.05, 0.1) is 12.1 Å². The molecule has 14 heavy (non-hydrogen) atoms. The molecule has 0 aliphatic rings. The SMILES string of the molecule is CCOc1ccc2nnc(N)nc2c1.